The number of piperazine rings is 1. The topological polar surface area (TPSA) is 65.5 Å². The number of hydrogen-bond acceptors (Lipinski definition) is 5. The van der Waals surface area contributed by atoms with Crippen LogP contribution in [0.1, 0.15) is 16.7 Å². The number of anilines is 1. The van der Waals surface area contributed by atoms with Crippen LogP contribution < -0.4 is 9.62 Å². The zero-order valence-electron chi connectivity index (χ0n) is 16.2. The summed E-state index contributed by atoms with van der Waals surface area (Å²) in [6.45, 7) is 4.49. The Hall–Kier alpha value is -2.17. The number of nitrogens with one attached hydrogen (secondary N) is 1. The Bertz CT molecular complexity index is 972. The number of benzene rings is 1. The van der Waals surface area contributed by atoms with E-state index in [1.807, 2.05) is 7.05 Å². The second-order valence-electron chi connectivity index (χ2n) is 7.08. The van der Waals surface area contributed by atoms with E-state index >= 15 is 0 Å². The second-order valence-corrected chi connectivity index (χ2v) is 8.84. The second kappa shape index (κ2) is 8.29. The molecule has 3 rings (SSSR count). The van der Waals surface area contributed by atoms with Crippen molar-refractivity contribution in [1.29, 1.82) is 0 Å². The molecule has 1 fully saturated rings. The zero-order chi connectivity index (χ0) is 21.2. The Labute approximate surface area is 168 Å². The number of likely N-dealkylation sites (N-methyl/N-ethyl adjacent to an activating group) is 1. The maximum Gasteiger partial charge on any atom is 0.416 e. The molecule has 0 bridgehead atoms. The number of rotatable bonds is 5. The number of alkyl halides is 3. The summed E-state index contributed by atoms with van der Waals surface area (Å²) in [7, 11) is -2.09. The fourth-order valence-corrected chi connectivity index (χ4v) is 4.23. The van der Waals surface area contributed by atoms with Gasteiger partial charge in [0, 0.05) is 44.5 Å². The molecule has 0 amide bonds. The first-order valence-corrected chi connectivity index (χ1v) is 10.6. The Morgan fingerprint density at radius 3 is 2.48 bits per heavy atom. The van der Waals surface area contributed by atoms with E-state index < -0.39 is 26.7 Å². The van der Waals surface area contributed by atoms with Gasteiger partial charge >= 0.3 is 6.18 Å². The highest BCUT2D eigenvalue weighted by Crippen LogP contribution is 2.33. The third-order valence-corrected chi connectivity index (χ3v) is 6.35. The summed E-state index contributed by atoms with van der Waals surface area (Å²) in [5, 5.41) is 0. The quantitative estimate of drug-likeness (QED) is 0.793. The fourth-order valence-electron chi connectivity index (χ4n) is 3.20. The monoisotopic (exact) mass is 428 g/mol. The molecule has 0 saturated carbocycles. The standard InChI is InChI=1S/C19H23F3N4O2S/c1-14-5-6-16(12-17(14)19(20,21)22)29(27,28)24-13-15-4-3-7-23-18(15)26-10-8-25(2)9-11-26/h3-7,12,24H,8-11,13H2,1-2H3. The molecular formula is C19H23F3N4O2S. The van der Waals surface area contributed by atoms with Crippen LogP contribution in [0.4, 0.5) is 19.0 Å². The summed E-state index contributed by atoms with van der Waals surface area (Å²) in [6.07, 6.45) is -2.98. The molecule has 0 atom stereocenters. The number of halogens is 3. The SMILES string of the molecule is Cc1ccc(S(=O)(=O)NCc2cccnc2N2CCN(C)CC2)cc1C(F)(F)F. The minimum Gasteiger partial charge on any atom is -0.354 e. The van der Waals surface area contributed by atoms with Crippen molar-refractivity contribution in [3.63, 3.8) is 0 Å². The molecule has 1 aliphatic heterocycles. The van der Waals surface area contributed by atoms with Crippen molar-refractivity contribution in [1.82, 2.24) is 14.6 Å². The van der Waals surface area contributed by atoms with Crippen molar-refractivity contribution in [3.05, 3.63) is 53.2 Å². The van der Waals surface area contributed by atoms with Crippen LogP contribution in [0.15, 0.2) is 41.4 Å². The van der Waals surface area contributed by atoms with E-state index in [1.54, 1.807) is 18.3 Å². The van der Waals surface area contributed by atoms with Crippen molar-refractivity contribution in [2.24, 2.45) is 0 Å². The molecule has 1 N–H and O–H groups in total. The maximum absolute atomic E-state index is 13.1. The van der Waals surface area contributed by atoms with E-state index in [4.69, 9.17) is 0 Å². The first kappa shape index (κ1) is 21.5. The van der Waals surface area contributed by atoms with Crippen LogP contribution in [0.25, 0.3) is 0 Å². The van der Waals surface area contributed by atoms with Gasteiger partial charge in [0.15, 0.2) is 0 Å². The van der Waals surface area contributed by atoms with Crippen LogP contribution in [0.3, 0.4) is 0 Å². The van der Waals surface area contributed by atoms with Gasteiger partial charge in [-0.25, -0.2) is 18.1 Å². The van der Waals surface area contributed by atoms with Gasteiger partial charge in [-0.1, -0.05) is 12.1 Å². The largest absolute Gasteiger partial charge is 0.416 e. The molecule has 1 saturated heterocycles. The Morgan fingerprint density at radius 1 is 1.14 bits per heavy atom. The normalized spacial score (nSPS) is 16.2. The molecule has 1 aliphatic rings. The Morgan fingerprint density at radius 2 is 1.83 bits per heavy atom. The fraction of sp³-hybridized carbons (Fsp3) is 0.421. The molecule has 158 valence electrons. The molecule has 0 radical (unpaired) electrons. The van der Waals surface area contributed by atoms with E-state index in [0.29, 0.717) is 17.4 Å². The van der Waals surface area contributed by atoms with Gasteiger partial charge in [0.25, 0.3) is 0 Å². The highest BCUT2D eigenvalue weighted by molar-refractivity contribution is 7.89. The molecule has 0 aliphatic carbocycles. The smallest absolute Gasteiger partial charge is 0.354 e. The average molecular weight is 428 g/mol. The predicted octanol–water partition coefficient (Wildman–Crippen LogP) is 2.64. The first-order chi connectivity index (χ1) is 13.6. The van der Waals surface area contributed by atoms with Crippen LogP contribution in [0.5, 0.6) is 0 Å². The van der Waals surface area contributed by atoms with Crippen molar-refractivity contribution in [2.45, 2.75) is 24.5 Å². The summed E-state index contributed by atoms with van der Waals surface area (Å²) in [5.74, 6) is 0.684. The van der Waals surface area contributed by atoms with Gasteiger partial charge in [0.1, 0.15) is 5.82 Å². The van der Waals surface area contributed by atoms with Gasteiger partial charge in [0.2, 0.25) is 10.0 Å². The van der Waals surface area contributed by atoms with Gasteiger partial charge in [-0.2, -0.15) is 13.2 Å². The molecule has 0 spiro atoms. The maximum atomic E-state index is 13.1. The zero-order valence-corrected chi connectivity index (χ0v) is 17.0. The highest BCUT2D eigenvalue weighted by atomic mass is 32.2. The lowest BCUT2D eigenvalue weighted by atomic mass is 10.1. The Balaban J connectivity index is 1.80. The number of aromatic nitrogens is 1. The number of pyridine rings is 1. The van der Waals surface area contributed by atoms with Gasteiger partial charge in [0.05, 0.1) is 10.5 Å². The van der Waals surface area contributed by atoms with E-state index in [9.17, 15) is 21.6 Å². The molecule has 2 heterocycles. The lowest BCUT2D eigenvalue weighted by Crippen LogP contribution is -2.45. The summed E-state index contributed by atoms with van der Waals surface area (Å²) in [4.78, 5) is 8.24. The van der Waals surface area contributed by atoms with E-state index in [-0.39, 0.29) is 12.1 Å². The molecule has 29 heavy (non-hydrogen) atoms. The van der Waals surface area contributed by atoms with E-state index in [1.165, 1.54) is 13.0 Å². The molecule has 10 heteroatoms. The molecule has 2 aromatic rings. The Kier molecular flexibility index (Phi) is 6.16. The molecular weight excluding hydrogens is 405 g/mol. The molecule has 1 aromatic heterocycles. The van der Waals surface area contributed by atoms with Crippen molar-refractivity contribution in [3.8, 4) is 0 Å². The van der Waals surface area contributed by atoms with E-state index in [2.05, 4.69) is 19.5 Å². The van der Waals surface area contributed by atoms with Gasteiger partial charge in [-0.3, -0.25) is 0 Å². The third kappa shape index (κ3) is 5.06. The van der Waals surface area contributed by atoms with Gasteiger partial charge in [-0.05, 0) is 37.7 Å². The lowest BCUT2D eigenvalue weighted by molar-refractivity contribution is -0.138. The van der Waals surface area contributed by atoms with Crippen molar-refractivity contribution >= 4 is 15.8 Å². The summed E-state index contributed by atoms with van der Waals surface area (Å²) < 4.78 is 67.0. The average Bonchev–Trinajstić information content (AvgIpc) is 2.66. The first-order valence-electron chi connectivity index (χ1n) is 9.13. The highest BCUT2D eigenvalue weighted by Gasteiger charge is 2.33. The van der Waals surface area contributed by atoms with Gasteiger partial charge < -0.3 is 9.80 Å². The summed E-state index contributed by atoms with van der Waals surface area (Å²) in [5.41, 5.74) is -0.315. The van der Waals surface area contributed by atoms with Crippen molar-refractivity contribution in [2.75, 3.05) is 38.1 Å². The number of aryl methyl sites for hydroxylation is 1. The molecule has 1 aromatic carbocycles. The number of sulfonamides is 1. The molecule has 6 nitrogen and oxygen atoms in total. The van der Waals surface area contributed by atoms with Gasteiger partial charge in [-0.15, -0.1) is 0 Å². The minimum atomic E-state index is -4.62. The number of hydrogen-bond donors (Lipinski definition) is 1. The van der Waals surface area contributed by atoms with Crippen LogP contribution in [-0.2, 0) is 22.7 Å². The number of nitrogens with zero attached hydrogens (tertiary/aromatic N) is 3. The minimum absolute atomic E-state index is 0.0268. The molecule has 0 unspecified atom stereocenters. The van der Waals surface area contributed by atoms with Crippen molar-refractivity contribution < 1.29 is 21.6 Å². The third-order valence-electron chi connectivity index (χ3n) is 4.95. The summed E-state index contributed by atoms with van der Waals surface area (Å²) in [6, 6.07) is 6.48. The van der Waals surface area contributed by atoms with E-state index in [0.717, 1.165) is 32.2 Å². The predicted molar refractivity (Wildman–Crippen MR) is 104 cm³/mol. The van der Waals surface area contributed by atoms with Crippen LogP contribution in [0.2, 0.25) is 0 Å². The lowest BCUT2D eigenvalue weighted by Gasteiger charge is -2.34. The van der Waals surface area contributed by atoms with Crippen LogP contribution in [0, 0.1) is 6.92 Å². The van der Waals surface area contributed by atoms with Crippen LogP contribution in [-0.4, -0.2) is 51.5 Å². The van der Waals surface area contributed by atoms with Crippen LogP contribution >= 0.6 is 0 Å². The summed E-state index contributed by atoms with van der Waals surface area (Å²) >= 11 is 0.